The van der Waals surface area contributed by atoms with Crippen LogP contribution in [-0.2, 0) is 10.3 Å². The number of carbonyl (C=O) groups is 1. The van der Waals surface area contributed by atoms with Gasteiger partial charge in [0, 0.05) is 11.0 Å². The third kappa shape index (κ3) is 4.62. The predicted molar refractivity (Wildman–Crippen MR) is 82.8 cm³/mol. The maximum Gasteiger partial charge on any atom is 0.225 e. The Morgan fingerprint density at radius 2 is 1.95 bits per heavy atom. The van der Waals surface area contributed by atoms with Crippen molar-refractivity contribution in [3.8, 4) is 0 Å². The molecule has 0 spiro atoms. The zero-order chi connectivity index (χ0) is 14.5. The van der Waals surface area contributed by atoms with Crippen LogP contribution in [0.5, 0.6) is 0 Å². The molecule has 1 atom stereocenters. The SMILES string of the molecule is CCCC(CN)C(=O)NC(C)(C)c1ccc(Br)cc1. The van der Waals surface area contributed by atoms with Gasteiger partial charge in [0.2, 0.25) is 5.91 Å². The molecule has 1 amide bonds. The van der Waals surface area contributed by atoms with Crippen LogP contribution in [0.4, 0.5) is 0 Å². The Bertz CT molecular complexity index is 415. The van der Waals surface area contributed by atoms with E-state index in [0.29, 0.717) is 6.54 Å². The van der Waals surface area contributed by atoms with E-state index in [0.717, 1.165) is 22.9 Å². The molecule has 3 N–H and O–H groups in total. The third-order valence-corrected chi connectivity index (χ3v) is 3.82. The van der Waals surface area contributed by atoms with Crippen LogP contribution in [0.1, 0.15) is 39.2 Å². The molecule has 0 aliphatic heterocycles. The molecule has 4 heteroatoms. The molecular weight excluding hydrogens is 304 g/mol. The average Bonchev–Trinajstić information content (AvgIpc) is 2.35. The predicted octanol–water partition coefficient (Wildman–Crippen LogP) is 3.18. The van der Waals surface area contributed by atoms with E-state index in [9.17, 15) is 4.79 Å². The smallest absolute Gasteiger partial charge is 0.225 e. The molecule has 0 aromatic heterocycles. The lowest BCUT2D eigenvalue weighted by Gasteiger charge is -2.29. The van der Waals surface area contributed by atoms with Gasteiger partial charge in [-0.3, -0.25) is 4.79 Å². The van der Waals surface area contributed by atoms with Gasteiger partial charge in [-0.05, 0) is 38.0 Å². The molecule has 1 aromatic carbocycles. The van der Waals surface area contributed by atoms with E-state index < -0.39 is 0 Å². The summed E-state index contributed by atoms with van der Waals surface area (Å²) in [7, 11) is 0. The first-order valence-electron chi connectivity index (χ1n) is 6.69. The van der Waals surface area contributed by atoms with Gasteiger partial charge in [0.05, 0.1) is 11.5 Å². The van der Waals surface area contributed by atoms with Gasteiger partial charge < -0.3 is 11.1 Å². The molecule has 0 saturated heterocycles. The van der Waals surface area contributed by atoms with Gasteiger partial charge in [-0.1, -0.05) is 41.4 Å². The molecular formula is C15H23BrN2O. The average molecular weight is 327 g/mol. The second kappa shape index (κ2) is 7.06. The molecule has 0 aliphatic carbocycles. The van der Waals surface area contributed by atoms with Gasteiger partial charge in [-0.2, -0.15) is 0 Å². The largest absolute Gasteiger partial charge is 0.347 e. The highest BCUT2D eigenvalue weighted by Gasteiger charge is 2.26. The standard InChI is InChI=1S/C15H23BrN2O/c1-4-5-11(10-17)14(19)18-15(2,3)12-6-8-13(16)9-7-12/h6-9,11H,4-5,10,17H2,1-3H3,(H,18,19). The van der Waals surface area contributed by atoms with Crippen molar-refractivity contribution in [2.75, 3.05) is 6.54 Å². The van der Waals surface area contributed by atoms with Gasteiger partial charge in [0.1, 0.15) is 0 Å². The lowest BCUT2D eigenvalue weighted by molar-refractivity contribution is -0.126. The Hall–Kier alpha value is -0.870. The lowest BCUT2D eigenvalue weighted by atomic mass is 9.92. The maximum atomic E-state index is 12.2. The van der Waals surface area contributed by atoms with Crippen molar-refractivity contribution in [2.45, 2.75) is 39.2 Å². The molecule has 0 radical (unpaired) electrons. The van der Waals surface area contributed by atoms with Gasteiger partial charge in [0.25, 0.3) is 0 Å². The van der Waals surface area contributed by atoms with E-state index in [1.54, 1.807) is 0 Å². The molecule has 0 heterocycles. The van der Waals surface area contributed by atoms with Crippen molar-refractivity contribution >= 4 is 21.8 Å². The summed E-state index contributed by atoms with van der Waals surface area (Å²) >= 11 is 3.41. The molecule has 0 fully saturated rings. The quantitative estimate of drug-likeness (QED) is 0.843. The van der Waals surface area contributed by atoms with E-state index in [4.69, 9.17) is 5.73 Å². The van der Waals surface area contributed by atoms with E-state index in [2.05, 4.69) is 28.2 Å². The van der Waals surface area contributed by atoms with Crippen molar-refractivity contribution in [2.24, 2.45) is 11.7 Å². The van der Waals surface area contributed by atoms with Crippen molar-refractivity contribution in [3.63, 3.8) is 0 Å². The van der Waals surface area contributed by atoms with Crippen LogP contribution in [0.2, 0.25) is 0 Å². The number of hydrogen-bond donors (Lipinski definition) is 2. The Balaban J connectivity index is 2.78. The summed E-state index contributed by atoms with van der Waals surface area (Å²) in [6.45, 7) is 6.48. The monoisotopic (exact) mass is 326 g/mol. The second-order valence-electron chi connectivity index (χ2n) is 5.34. The topological polar surface area (TPSA) is 55.1 Å². The first-order chi connectivity index (χ1) is 8.90. The Morgan fingerprint density at radius 3 is 2.42 bits per heavy atom. The third-order valence-electron chi connectivity index (χ3n) is 3.29. The van der Waals surface area contributed by atoms with Crippen LogP contribution in [0.3, 0.4) is 0 Å². The van der Waals surface area contributed by atoms with Crippen molar-refractivity contribution in [1.29, 1.82) is 0 Å². The number of carbonyl (C=O) groups excluding carboxylic acids is 1. The molecule has 1 aromatic rings. The minimum absolute atomic E-state index is 0.0391. The van der Waals surface area contributed by atoms with Crippen LogP contribution in [0.15, 0.2) is 28.7 Å². The Kier molecular flexibility index (Phi) is 6.01. The molecule has 3 nitrogen and oxygen atoms in total. The van der Waals surface area contributed by atoms with Crippen LogP contribution in [-0.4, -0.2) is 12.5 Å². The van der Waals surface area contributed by atoms with Crippen molar-refractivity contribution < 1.29 is 4.79 Å². The molecule has 1 rings (SSSR count). The van der Waals surface area contributed by atoms with E-state index in [1.807, 2.05) is 38.1 Å². The van der Waals surface area contributed by atoms with E-state index >= 15 is 0 Å². The van der Waals surface area contributed by atoms with Gasteiger partial charge >= 0.3 is 0 Å². The highest BCUT2D eigenvalue weighted by atomic mass is 79.9. The van der Waals surface area contributed by atoms with Crippen LogP contribution >= 0.6 is 15.9 Å². The number of rotatable bonds is 6. The molecule has 1 unspecified atom stereocenters. The van der Waals surface area contributed by atoms with Crippen LogP contribution in [0.25, 0.3) is 0 Å². The number of hydrogen-bond acceptors (Lipinski definition) is 2. The Labute approximate surface area is 124 Å². The fourth-order valence-corrected chi connectivity index (χ4v) is 2.32. The van der Waals surface area contributed by atoms with E-state index in [-0.39, 0.29) is 17.4 Å². The first-order valence-corrected chi connectivity index (χ1v) is 7.48. The molecule has 0 aliphatic rings. The van der Waals surface area contributed by atoms with Gasteiger partial charge in [-0.25, -0.2) is 0 Å². The maximum absolute atomic E-state index is 12.2. The normalized spacial score (nSPS) is 13.1. The summed E-state index contributed by atoms with van der Waals surface area (Å²) in [6, 6.07) is 7.99. The van der Waals surface area contributed by atoms with Crippen LogP contribution < -0.4 is 11.1 Å². The van der Waals surface area contributed by atoms with E-state index in [1.165, 1.54) is 0 Å². The fourth-order valence-electron chi connectivity index (χ4n) is 2.05. The van der Waals surface area contributed by atoms with Crippen LogP contribution in [0, 0.1) is 5.92 Å². The molecule has 19 heavy (non-hydrogen) atoms. The summed E-state index contributed by atoms with van der Waals surface area (Å²) in [5.41, 5.74) is 6.36. The number of benzene rings is 1. The minimum atomic E-state index is -0.390. The second-order valence-corrected chi connectivity index (χ2v) is 6.26. The fraction of sp³-hybridized carbons (Fsp3) is 0.533. The van der Waals surface area contributed by atoms with Gasteiger partial charge in [0.15, 0.2) is 0 Å². The highest BCUT2D eigenvalue weighted by Crippen LogP contribution is 2.23. The first kappa shape index (κ1) is 16.2. The Morgan fingerprint density at radius 1 is 1.37 bits per heavy atom. The summed E-state index contributed by atoms with van der Waals surface area (Å²) in [5.74, 6) is -0.0583. The number of amides is 1. The number of nitrogens with two attached hydrogens (primary N) is 1. The summed E-state index contributed by atoms with van der Waals surface area (Å²) in [6.07, 6.45) is 1.80. The zero-order valence-corrected chi connectivity index (χ0v) is 13.5. The van der Waals surface area contributed by atoms with Gasteiger partial charge in [-0.15, -0.1) is 0 Å². The van der Waals surface area contributed by atoms with Crippen molar-refractivity contribution in [1.82, 2.24) is 5.32 Å². The zero-order valence-electron chi connectivity index (χ0n) is 11.9. The molecule has 0 bridgehead atoms. The molecule has 106 valence electrons. The summed E-state index contributed by atoms with van der Waals surface area (Å²) in [4.78, 5) is 12.2. The lowest BCUT2D eigenvalue weighted by Crippen LogP contribution is -2.45. The number of halogens is 1. The summed E-state index contributed by atoms with van der Waals surface area (Å²) < 4.78 is 1.03. The highest BCUT2D eigenvalue weighted by molar-refractivity contribution is 9.10. The summed E-state index contributed by atoms with van der Waals surface area (Å²) in [5, 5.41) is 3.09. The van der Waals surface area contributed by atoms with Crippen molar-refractivity contribution in [3.05, 3.63) is 34.3 Å². The number of nitrogens with one attached hydrogen (secondary N) is 1. The minimum Gasteiger partial charge on any atom is -0.347 e. The molecule has 0 saturated carbocycles.